The number of thioether (sulfide) groups is 1. The van der Waals surface area contributed by atoms with Crippen LogP contribution < -0.4 is 46.1 Å². The van der Waals surface area contributed by atoms with Crippen molar-refractivity contribution in [1.29, 1.82) is 0 Å². The maximum Gasteiger partial charge on any atom is 1.00 e. The van der Waals surface area contributed by atoms with Crippen LogP contribution in [0.25, 0.3) is 5.57 Å². The number of nitrogens with zero attached hydrogens (tertiary/aromatic N) is 2. The SMILES string of the molecule is CC=C(C(=O)C1C(=O)N2CC(COC(C)=O)(C(=O)[O-])C(N)S[C@H]12)c1nc(N)sc1Cl.[Na+]. The van der Waals surface area contributed by atoms with Crippen molar-refractivity contribution in [3.63, 3.8) is 0 Å². The largest absolute Gasteiger partial charge is 1.00 e. The van der Waals surface area contributed by atoms with E-state index in [0.29, 0.717) is 0 Å². The van der Waals surface area contributed by atoms with Crippen LogP contribution in [0.1, 0.15) is 19.5 Å². The van der Waals surface area contributed by atoms with Crippen molar-refractivity contribution in [2.45, 2.75) is 24.6 Å². The second kappa shape index (κ2) is 9.77. The Hall–Kier alpha value is -1.15. The number of carboxylic acids is 1. The summed E-state index contributed by atoms with van der Waals surface area (Å²) < 4.78 is 5.09. The number of ether oxygens (including phenoxy) is 1. The van der Waals surface area contributed by atoms with Gasteiger partial charge in [-0.05, 0) is 6.92 Å². The number of rotatable bonds is 6. The van der Waals surface area contributed by atoms with Crippen LogP contribution >= 0.6 is 34.7 Å². The van der Waals surface area contributed by atoms with Crippen LogP contribution in [-0.2, 0) is 23.9 Å². The van der Waals surface area contributed by atoms with Crippen LogP contribution in [0.2, 0.25) is 4.34 Å². The molecule has 0 saturated carbocycles. The molecule has 1 aromatic heterocycles. The summed E-state index contributed by atoms with van der Waals surface area (Å²) in [7, 11) is 0. The number of nitrogens with two attached hydrogens (primary N) is 2. The number of hydrogen-bond donors (Lipinski definition) is 2. The Bertz CT molecular complexity index is 972. The molecule has 0 aromatic carbocycles. The van der Waals surface area contributed by atoms with Gasteiger partial charge in [-0.2, -0.15) is 0 Å². The first kappa shape index (κ1) is 26.1. The van der Waals surface area contributed by atoms with E-state index in [0.717, 1.165) is 30.0 Å². The van der Waals surface area contributed by atoms with Gasteiger partial charge in [0.25, 0.3) is 0 Å². The molecular formula is C17H18ClN4NaO6S2. The van der Waals surface area contributed by atoms with Gasteiger partial charge in [0.2, 0.25) is 5.91 Å². The maximum atomic E-state index is 13.1. The van der Waals surface area contributed by atoms with Crippen molar-refractivity contribution in [1.82, 2.24) is 9.88 Å². The summed E-state index contributed by atoms with van der Waals surface area (Å²) in [6.45, 7) is 1.87. The molecule has 2 fully saturated rings. The third-order valence-electron chi connectivity index (χ3n) is 5.06. The number of hydrogen-bond acceptors (Lipinski definition) is 11. The first-order valence-electron chi connectivity index (χ1n) is 8.72. The fraction of sp³-hybridized carbons (Fsp3) is 0.471. The summed E-state index contributed by atoms with van der Waals surface area (Å²) in [4.78, 5) is 54.1. The molecule has 4 N–H and O–H groups in total. The fourth-order valence-corrected chi connectivity index (χ4v) is 5.88. The molecule has 2 saturated heterocycles. The van der Waals surface area contributed by atoms with Crippen LogP contribution in [0.5, 0.6) is 0 Å². The predicted octanol–water partition coefficient (Wildman–Crippen LogP) is -3.53. The molecule has 2 aliphatic heterocycles. The van der Waals surface area contributed by atoms with E-state index in [9.17, 15) is 24.3 Å². The summed E-state index contributed by atoms with van der Waals surface area (Å²) in [6, 6.07) is 0. The van der Waals surface area contributed by atoms with Crippen molar-refractivity contribution in [3.05, 3.63) is 16.1 Å². The average molecular weight is 497 g/mol. The zero-order chi connectivity index (χ0) is 22.4. The smallest absolute Gasteiger partial charge is 0.549 e. The Morgan fingerprint density at radius 1 is 1.45 bits per heavy atom. The molecule has 14 heteroatoms. The second-order valence-electron chi connectivity index (χ2n) is 6.86. The Balaban J connectivity index is 0.00000341. The van der Waals surface area contributed by atoms with E-state index in [1.165, 1.54) is 11.0 Å². The minimum atomic E-state index is -1.79. The van der Waals surface area contributed by atoms with Gasteiger partial charge in [0.15, 0.2) is 10.9 Å². The minimum Gasteiger partial charge on any atom is -0.549 e. The number of carboxylic acid groups (broad SMARTS) is 1. The number of carbonyl (C=O) groups is 4. The summed E-state index contributed by atoms with van der Waals surface area (Å²) in [5.74, 6) is -4.36. The quantitative estimate of drug-likeness (QED) is 0.132. The Morgan fingerprint density at radius 2 is 2.10 bits per heavy atom. The van der Waals surface area contributed by atoms with Crippen molar-refractivity contribution < 1.29 is 58.6 Å². The molecule has 3 heterocycles. The van der Waals surface area contributed by atoms with Crippen LogP contribution in [0.4, 0.5) is 5.13 Å². The third kappa shape index (κ3) is 4.52. The molecule has 2 aliphatic rings. The monoisotopic (exact) mass is 496 g/mol. The van der Waals surface area contributed by atoms with Gasteiger partial charge in [-0.1, -0.05) is 29.0 Å². The van der Waals surface area contributed by atoms with Crippen LogP contribution in [-0.4, -0.2) is 57.4 Å². The molecule has 0 spiro atoms. The number of carbonyl (C=O) groups excluding carboxylic acids is 4. The summed E-state index contributed by atoms with van der Waals surface area (Å²) in [5, 5.41) is 10.3. The van der Waals surface area contributed by atoms with Gasteiger partial charge in [0.1, 0.15) is 22.6 Å². The van der Waals surface area contributed by atoms with Gasteiger partial charge in [0, 0.05) is 19.0 Å². The van der Waals surface area contributed by atoms with Crippen LogP contribution in [0.15, 0.2) is 6.08 Å². The molecule has 0 aliphatic carbocycles. The molecule has 0 bridgehead atoms. The molecule has 1 amide bonds. The number of thiazole rings is 1. The van der Waals surface area contributed by atoms with E-state index in [-0.39, 0.29) is 56.8 Å². The van der Waals surface area contributed by atoms with Crippen molar-refractivity contribution in [2.75, 3.05) is 18.9 Å². The van der Waals surface area contributed by atoms with Gasteiger partial charge in [-0.25, -0.2) is 4.98 Å². The second-order valence-corrected chi connectivity index (χ2v) is 9.75. The number of Topliss-reactive ketones (excluding diaryl/α,β-unsaturated/α-hetero) is 1. The van der Waals surface area contributed by atoms with E-state index in [1.54, 1.807) is 6.92 Å². The zero-order valence-corrected chi connectivity index (χ0v) is 21.3. The van der Waals surface area contributed by atoms with Gasteiger partial charge in [0.05, 0.1) is 22.1 Å². The standard InChI is InChI=1S/C17H19ClN4O6S2.Na/c1-3-7(9-11(18)29-16(20)21-9)10(24)8-12(25)22-4-17(15(26)27,5-28-6(2)23)14(19)30-13(8)22;/h3,8,13-14H,4-5,19H2,1-2H3,(H2,20,21)(H,26,27);/q;+1/p-1/t8?,13-,14?,17?;/m1./s1. The molecule has 31 heavy (non-hydrogen) atoms. The van der Waals surface area contributed by atoms with E-state index in [4.69, 9.17) is 27.8 Å². The number of ketones is 1. The first-order valence-corrected chi connectivity index (χ1v) is 10.9. The van der Waals surface area contributed by atoms with E-state index in [1.807, 2.05) is 0 Å². The molecule has 0 radical (unpaired) electrons. The number of aliphatic carboxylic acids is 1. The number of aromatic nitrogens is 1. The topological polar surface area (TPSA) is 169 Å². The maximum absolute atomic E-state index is 13.1. The minimum absolute atomic E-state index is 0. The summed E-state index contributed by atoms with van der Waals surface area (Å²) in [6.07, 6.45) is 1.50. The number of allylic oxidation sites excluding steroid dienone is 2. The summed E-state index contributed by atoms with van der Waals surface area (Å²) in [5.41, 5.74) is 10.3. The molecule has 3 rings (SSSR count). The Kier molecular flexibility index (Phi) is 8.23. The molecule has 10 nitrogen and oxygen atoms in total. The fourth-order valence-electron chi connectivity index (χ4n) is 3.40. The Morgan fingerprint density at radius 3 is 2.58 bits per heavy atom. The predicted molar refractivity (Wildman–Crippen MR) is 109 cm³/mol. The number of anilines is 1. The van der Waals surface area contributed by atoms with Crippen molar-refractivity contribution >= 4 is 69.0 Å². The van der Waals surface area contributed by atoms with Gasteiger partial charge >= 0.3 is 35.5 Å². The zero-order valence-electron chi connectivity index (χ0n) is 16.9. The molecule has 162 valence electrons. The molecular weight excluding hydrogens is 479 g/mol. The first-order chi connectivity index (χ1) is 14.0. The molecule has 3 unspecified atom stereocenters. The van der Waals surface area contributed by atoms with E-state index in [2.05, 4.69) is 4.98 Å². The van der Waals surface area contributed by atoms with Gasteiger partial charge < -0.3 is 31.0 Å². The summed E-state index contributed by atoms with van der Waals surface area (Å²) >= 11 is 8.06. The number of amides is 1. The van der Waals surface area contributed by atoms with Gasteiger partial charge in [-0.15, -0.1) is 11.8 Å². The number of fused-ring (bicyclic) bond motifs is 1. The average Bonchev–Trinajstić information content (AvgIpc) is 2.99. The van der Waals surface area contributed by atoms with Gasteiger partial charge in [-0.3, -0.25) is 14.4 Å². The van der Waals surface area contributed by atoms with Crippen molar-refractivity contribution in [2.24, 2.45) is 17.1 Å². The number of β-lactam (4-membered cyclic amide) rings is 1. The van der Waals surface area contributed by atoms with E-state index < -0.39 is 52.3 Å². The number of esters is 1. The molecule has 1 aromatic rings. The third-order valence-corrected chi connectivity index (χ3v) is 7.69. The van der Waals surface area contributed by atoms with Crippen molar-refractivity contribution in [3.8, 4) is 0 Å². The van der Waals surface area contributed by atoms with Crippen LogP contribution in [0, 0.1) is 11.3 Å². The van der Waals surface area contributed by atoms with Crippen LogP contribution in [0.3, 0.4) is 0 Å². The number of nitrogen functional groups attached to an aromatic ring is 1. The Labute approximate surface area is 213 Å². The number of halogens is 1. The van der Waals surface area contributed by atoms with E-state index >= 15 is 0 Å². The normalized spacial score (nSPS) is 27.6. The molecule has 4 atom stereocenters.